The molecule has 0 saturated heterocycles. The Kier molecular flexibility index (Phi) is 5.04. The fraction of sp³-hybridized carbons (Fsp3) is 0.667. The van der Waals surface area contributed by atoms with Crippen LogP contribution in [0.2, 0.25) is 0 Å². The molecular weight excluding hydrogens is 230 g/mol. The molecule has 1 saturated carbocycles. The molecule has 106 valence electrons. The summed E-state index contributed by atoms with van der Waals surface area (Å²) in [4.78, 5) is 0. The summed E-state index contributed by atoms with van der Waals surface area (Å²) in [6, 6.07) is 11.7. The van der Waals surface area contributed by atoms with E-state index in [2.05, 4.69) is 56.5 Å². The van der Waals surface area contributed by atoms with Gasteiger partial charge in [-0.2, -0.15) is 0 Å². The van der Waals surface area contributed by atoms with Crippen molar-refractivity contribution in [1.82, 2.24) is 5.32 Å². The van der Waals surface area contributed by atoms with E-state index in [1.54, 1.807) is 0 Å². The Hall–Kier alpha value is -0.820. The quantitative estimate of drug-likeness (QED) is 0.759. The molecule has 0 radical (unpaired) electrons. The molecule has 1 atom stereocenters. The first kappa shape index (κ1) is 14.6. The fourth-order valence-electron chi connectivity index (χ4n) is 3.80. The lowest BCUT2D eigenvalue weighted by molar-refractivity contribution is 0.194. The zero-order chi connectivity index (χ0) is 13.7. The standard InChI is InChI=1S/C18H29N/c1-4-18(5-2,16-12-7-6-8-13-16)17(19-3)14-15-10-9-11-15/h6-8,12-13,15,17,19H,4-5,9-11,14H2,1-3H3. The molecule has 2 rings (SSSR count). The summed E-state index contributed by atoms with van der Waals surface area (Å²) in [5.41, 5.74) is 1.81. The molecule has 1 aliphatic carbocycles. The van der Waals surface area contributed by atoms with Crippen molar-refractivity contribution in [2.75, 3.05) is 7.05 Å². The van der Waals surface area contributed by atoms with E-state index in [1.807, 2.05) is 0 Å². The van der Waals surface area contributed by atoms with Crippen LogP contribution in [0.1, 0.15) is 57.9 Å². The van der Waals surface area contributed by atoms with Crippen LogP contribution in [0.3, 0.4) is 0 Å². The van der Waals surface area contributed by atoms with E-state index in [-0.39, 0.29) is 0 Å². The molecule has 1 aromatic rings. The van der Waals surface area contributed by atoms with Gasteiger partial charge in [0.1, 0.15) is 0 Å². The Bertz CT molecular complexity index is 363. The molecule has 0 bridgehead atoms. The second-order valence-electron chi connectivity index (χ2n) is 6.10. The highest BCUT2D eigenvalue weighted by Crippen LogP contribution is 2.40. The molecule has 0 aromatic heterocycles. The Morgan fingerprint density at radius 1 is 1.16 bits per heavy atom. The number of benzene rings is 1. The van der Waals surface area contributed by atoms with Gasteiger partial charge in [0, 0.05) is 11.5 Å². The van der Waals surface area contributed by atoms with Crippen LogP contribution < -0.4 is 5.32 Å². The van der Waals surface area contributed by atoms with E-state index < -0.39 is 0 Å². The van der Waals surface area contributed by atoms with Crippen molar-refractivity contribution in [3.63, 3.8) is 0 Å². The number of nitrogens with one attached hydrogen (secondary N) is 1. The average Bonchev–Trinajstić information content (AvgIpc) is 2.43. The maximum absolute atomic E-state index is 3.64. The Morgan fingerprint density at radius 3 is 2.21 bits per heavy atom. The van der Waals surface area contributed by atoms with Gasteiger partial charge in [-0.3, -0.25) is 0 Å². The van der Waals surface area contributed by atoms with E-state index in [9.17, 15) is 0 Å². The highest BCUT2D eigenvalue weighted by atomic mass is 14.9. The summed E-state index contributed by atoms with van der Waals surface area (Å²) in [5.74, 6) is 0.957. The van der Waals surface area contributed by atoms with Gasteiger partial charge in [0.15, 0.2) is 0 Å². The second kappa shape index (κ2) is 6.56. The Morgan fingerprint density at radius 2 is 1.79 bits per heavy atom. The minimum absolute atomic E-state index is 0.297. The van der Waals surface area contributed by atoms with Gasteiger partial charge in [-0.1, -0.05) is 63.4 Å². The minimum Gasteiger partial charge on any atom is -0.316 e. The van der Waals surface area contributed by atoms with Crippen LogP contribution in [0.15, 0.2) is 30.3 Å². The molecule has 0 amide bonds. The summed E-state index contributed by atoms with van der Waals surface area (Å²) in [6.45, 7) is 4.70. The van der Waals surface area contributed by atoms with E-state index in [0.717, 1.165) is 5.92 Å². The molecule has 1 N–H and O–H groups in total. The summed E-state index contributed by atoms with van der Waals surface area (Å²) in [5, 5.41) is 3.64. The van der Waals surface area contributed by atoms with Crippen LogP contribution in [0, 0.1) is 5.92 Å². The van der Waals surface area contributed by atoms with E-state index >= 15 is 0 Å². The van der Waals surface area contributed by atoms with Crippen molar-refractivity contribution in [2.24, 2.45) is 5.92 Å². The third-order valence-electron chi connectivity index (χ3n) is 5.42. The summed E-state index contributed by atoms with van der Waals surface area (Å²) in [7, 11) is 2.15. The van der Waals surface area contributed by atoms with Gasteiger partial charge in [0.25, 0.3) is 0 Å². The normalized spacial score (nSPS) is 18.1. The number of hydrogen-bond acceptors (Lipinski definition) is 1. The predicted octanol–water partition coefficient (Wildman–Crippen LogP) is 4.52. The monoisotopic (exact) mass is 259 g/mol. The number of hydrogen-bond donors (Lipinski definition) is 1. The van der Waals surface area contributed by atoms with Crippen molar-refractivity contribution in [1.29, 1.82) is 0 Å². The highest BCUT2D eigenvalue weighted by molar-refractivity contribution is 5.27. The topological polar surface area (TPSA) is 12.0 Å². The molecule has 0 aliphatic heterocycles. The Balaban J connectivity index is 2.25. The zero-order valence-corrected chi connectivity index (χ0v) is 12.8. The molecule has 1 fully saturated rings. The minimum atomic E-state index is 0.297. The number of likely N-dealkylation sites (N-methyl/N-ethyl adjacent to an activating group) is 1. The first-order chi connectivity index (χ1) is 9.26. The molecule has 1 nitrogen and oxygen atoms in total. The van der Waals surface area contributed by atoms with Crippen LogP contribution in [0.5, 0.6) is 0 Å². The smallest absolute Gasteiger partial charge is 0.0163 e. The van der Waals surface area contributed by atoms with E-state index in [4.69, 9.17) is 0 Å². The van der Waals surface area contributed by atoms with Crippen molar-refractivity contribution < 1.29 is 0 Å². The van der Waals surface area contributed by atoms with Crippen LogP contribution in [0.25, 0.3) is 0 Å². The summed E-state index contributed by atoms with van der Waals surface area (Å²) < 4.78 is 0. The average molecular weight is 259 g/mol. The highest BCUT2D eigenvalue weighted by Gasteiger charge is 2.38. The van der Waals surface area contributed by atoms with Gasteiger partial charge in [-0.15, -0.1) is 0 Å². The van der Waals surface area contributed by atoms with Crippen molar-refractivity contribution >= 4 is 0 Å². The molecule has 1 unspecified atom stereocenters. The molecule has 0 spiro atoms. The van der Waals surface area contributed by atoms with Gasteiger partial charge >= 0.3 is 0 Å². The number of rotatable bonds is 7. The molecule has 0 heterocycles. The fourth-order valence-corrected chi connectivity index (χ4v) is 3.80. The van der Waals surface area contributed by atoms with Gasteiger partial charge in [0.05, 0.1) is 0 Å². The molecule has 1 aliphatic rings. The van der Waals surface area contributed by atoms with Crippen molar-refractivity contribution in [3.8, 4) is 0 Å². The van der Waals surface area contributed by atoms with Crippen LogP contribution in [0.4, 0.5) is 0 Å². The lowest BCUT2D eigenvalue weighted by Crippen LogP contribution is -2.48. The SMILES string of the molecule is CCC(CC)(c1ccccc1)C(CC1CCC1)NC. The van der Waals surface area contributed by atoms with Gasteiger partial charge in [-0.05, 0) is 37.8 Å². The van der Waals surface area contributed by atoms with Crippen LogP contribution >= 0.6 is 0 Å². The summed E-state index contributed by atoms with van der Waals surface area (Å²) >= 11 is 0. The molecule has 1 heteroatoms. The predicted molar refractivity (Wildman–Crippen MR) is 83.5 cm³/mol. The maximum atomic E-state index is 3.64. The largest absolute Gasteiger partial charge is 0.316 e. The van der Waals surface area contributed by atoms with Crippen LogP contribution in [-0.4, -0.2) is 13.1 Å². The molecule has 19 heavy (non-hydrogen) atoms. The van der Waals surface area contributed by atoms with E-state index in [1.165, 1.54) is 44.1 Å². The zero-order valence-electron chi connectivity index (χ0n) is 12.8. The summed E-state index contributed by atoms with van der Waals surface area (Å²) in [6.07, 6.45) is 8.09. The van der Waals surface area contributed by atoms with Crippen LogP contribution in [-0.2, 0) is 5.41 Å². The van der Waals surface area contributed by atoms with Gasteiger partial charge < -0.3 is 5.32 Å². The van der Waals surface area contributed by atoms with Crippen molar-refractivity contribution in [2.45, 2.75) is 63.8 Å². The lowest BCUT2D eigenvalue weighted by atomic mass is 9.66. The first-order valence-corrected chi connectivity index (χ1v) is 7.99. The lowest BCUT2D eigenvalue weighted by Gasteiger charge is -2.43. The third-order valence-corrected chi connectivity index (χ3v) is 5.42. The van der Waals surface area contributed by atoms with Crippen molar-refractivity contribution in [3.05, 3.63) is 35.9 Å². The van der Waals surface area contributed by atoms with Gasteiger partial charge in [-0.25, -0.2) is 0 Å². The van der Waals surface area contributed by atoms with E-state index in [0.29, 0.717) is 11.5 Å². The molecule has 1 aromatic carbocycles. The second-order valence-corrected chi connectivity index (χ2v) is 6.10. The van der Waals surface area contributed by atoms with Gasteiger partial charge in [0.2, 0.25) is 0 Å². The molecular formula is C18H29N. The maximum Gasteiger partial charge on any atom is 0.0163 e. The third kappa shape index (κ3) is 2.86. The Labute approximate surface area is 118 Å². The first-order valence-electron chi connectivity index (χ1n) is 7.99.